The van der Waals surface area contributed by atoms with Gasteiger partial charge in [-0.2, -0.15) is 0 Å². The van der Waals surface area contributed by atoms with Gasteiger partial charge in [0.1, 0.15) is 16.9 Å². The molecular weight excluding hydrogens is 522 g/mol. The number of rotatable bonds is 5. The normalized spacial score (nSPS) is 11.9. The Morgan fingerprint density at radius 3 is 2.14 bits per heavy atom. The average molecular weight is 548 g/mol. The standard InChI is InChI=1S/C37H25NO4/c1-22-10-3-5-13-26(22)35(38-42-23(2)39)25-18-19-34-31(20-25)33-21-32(28-15-7-8-16-30(28)37(33)41-34)36(40)29-17-9-12-24-11-4-6-14-27(24)29/h3-21H,1-2H3/b38-35-. The van der Waals surface area contributed by atoms with E-state index in [-0.39, 0.29) is 5.78 Å². The fourth-order valence-electron chi connectivity index (χ4n) is 5.71. The van der Waals surface area contributed by atoms with E-state index in [1.165, 1.54) is 6.92 Å². The molecule has 5 nitrogen and oxygen atoms in total. The molecule has 0 atom stereocenters. The first-order valence-corrected chi connectivity index (χ1v) is 13.7. The van der Waals surface area contributed by atoms with Crippen LogP contribution in [0.3, 0.4) is 0 Å². The van der Waals surface area contributed by atoms with Crippen molar-refractivity contribution in [3.63, 3.8) is 0 Å². The number of hydrogen-bond acceptors (Lipinski definition) is 5. The van der Waals surface area contributed by atoms with Gasteiger partial charge in [0.05, 0.1) is 0 Å². The van der Waals surface area contributed by atoms with Crippen LogP contribution in [0.1, 0.15) is 39.5 Å². The number of aryl methyl sites for hydroxylation is 1. The second-order valence-electron chi connectivity index (χ2n) is 10.4. The maximum absolute atomic E-state index is 14.2. The molecule has 0 unspecified atom stereocenters. The van der Waals surface area contributed by atoms with Crippen LogP contribution < -0.4 is 0 Å². The highest BCUT2D eigenvalue weighted by atomic mass is 16.7. The average Bonchev–Trinajstić information content (AvgIpc) is 3.39. The molecule has 5 heteroatoms. The Labute approximate surface area is 241 Å². The summed E-state index contributed by atoms with van der Waals surface area (Å²) in [4.78, 5) is 31.0. The summed E-state index contributed by atoms with van der Waals surface area (Å²) in [6, 6.07) is 37.1. The fourth-order valence-corrected chi connectivity index (χ4v) is 5.71. The van der Waals surface area contributed by atoms with Crippen molar-refractivity contribution in [2.24, 2.45) is 5.16 Å². The predicted octanol–water partition coefficient (Wildman–Crippen LogP) is 8.75. The summed E-state index contributed by atoms with van der Waals surface area (Å²) >= 11 is 0. The molecule has 7 rings (SSSR count). The number of fused-ring (bicyclic) bond motifs is 6. The van der Waals surface area contributed by atoms with Crippen LogP contribution in [0.4, 0.5) is 0 Å². The molecule has 1 aromatic heterocycles. The van der Waals surface area contributed by atoms with E-state index in [9.17, 15) is 9.59 Å². The number of oxime groups is 1. The molecule has 202 valence electrons. The number of ketones is 1. The third kappa shape index (κ3) is 4.23. The Hall–Kier alpha value is -5.55. The highest BCUT2D eigenvalue weighted by Crippen LogP contribution is 2.38. The summed E-state index contributed by atoms with van der Waals surface area (Å²) in [7, 11) is 0. The Morgan fingerprint density at radius 1 is 0.643 bits per heavy atom. The minimum Gasteiger partial charge on any atom is -0.455 e. The van der Waals surface area contributed by atoms with E-state index >= 15 is 0 Å². The topological polar surface area (TPSA) is 68.9 Å². The maximum atomic E-state index is 14.2. The van der Waals surface area contributed by atoms with E-state index in [4.69, 9.17) is 9.25 Å². The van der Waals surface area contributed by atoms with Crippen LogP contribution in [-0.2, 0) is 9.63 Å². The first kappa shape index (κ1) is 25.4. The lowest BCUT2D eigenvalue weighted by atomic mass is 9.92. The second-order valence-corrected chi connectivity index (χ2v) is 10.4. The summed E-state index contributed by atoms with van der Waals surface area (Å²) in [6.45, 7) is 3.31. The molecular formula is C37H25NO4. The van der Waals surface area contributed by atoms with Crippen molar-refractivity contribution < 1.29 is 18.8 Å². The summed E-state index contributed by atoms with van der Waals surface area (Å²) in [5, 5.41) is 9.53. The lowest BCUT2D eigenvalue weighted by Gasteiger charge is -2.10. The van der Waals surface area contributed by atoms with Gasteiger partial charge in [0, 0.05) is 45.3 Å². The van der Waals surface area contributed by atoms with E-state index in [2.05, 4.69) is 5.16 Å². The summed E-state index contributed by atoms with van der Waals surface area (Å²) in [5.41, 5.74) is 5.80. The van der Waals surface area contributed by atoms with Crippen LogP contribution in [0, 0.1) is 6.92 Å². The number of carbonyl (C=O) groups excluding carboxylic acids is 2. The van der Waals surface area contributed by atoms with Gasteiger partial charge in [-0.25, -0.2) is 4.79 Å². The fraction of sp³-hybridized carbons (Fsp3) is 0.0541. The van der Waals surface area contributed by atoms with Crippen molar-refractivity contribution in [3.05, 3.63) is 143 Å². The molecule has 0 spiro atoms. The van der Waals surface area contributed by atoms with Crippen LogP contribution >= 0.6 is 0 Å². The number of benzene rings is 6. The lowest BCUT2D eigenvalue weighted by molar-refractivity contribution is -0.140. The zero-order valence-corrected chi connectivity index (χ0v) is 23.0. The van der Waals surface area contributed by atoms with Crippen molar-refractivity contribution in [1.82, 2.24) is 0 Å². The molecule has 0 saturated carbocycles. The Kier molecular flexibility index (Phi) is 6.13. The van der Waals surface area contributed by atoms with Gasteiger partial charge in [-0.1, -0.05) is 96.2 Å². The molecule has 0 saturated heterocycles. The van der Waals surface area contributed by atoms with E-state index in [0.717, 1.165) is 49.0 Å². The Morgan fingerprint density at radius 2 is 1.33 bits per heavy atom. The third-order valence-electron chi connectivity index (χ3n) is 7.69. The number of hydrogen-bond donors (Lipinski definition) is 0. The predicted molar refractivity (Wildman–Crippen MR) is 167 cm³/mol. The number of furan rings is 1. The van der Waals surface area contributed by atoms with Gasteiger partial charge in [-0.05, 0) is 52.9 Å². The van der Waals surface area contributed by atoms with Crippen molar-refractivity contribution >= 4 is 60.9 Å². The van der Waals surface area contributed by atoms with Gasteiger partial charge >= 0.3 is 5.97 Å². The van der Waals surface area contributed by atoms with E-state index in [1.807, 2.05) is 122 Å². The summed E-state index contributed by atoms with van der Waals surface area (Å²) < 4.78 is 6.40. The first-order chi connectivity index (χ1) is 20.5. The largest absolute Gasteiger partial charge is 0.455 e. The van der Waals surface area contributed by atoms with Crippen LogP contribution in [0.25, 0.3) is 43.5 Å². The lowest BCUT2D eigenvalue weighted by Crippen LogP contribution is -2.07. The van der Waals surface area contributed by atoms with E-state index in [0.29, 0.717) is 28.0 Å². The molecule has 0 aliphatic rings. The van der Waals surface area contributed by atoms with Crippen molar-refractivity contribution in [2.45, 2.75) is 13.8 Å². The van der Waals surface area contributed by atoms with Gasteiger partial charge in [0.2, 0.25) is 0 Å². The van der Waals surface area contributed by atoms with Gasteiger partial charge < -0.3 is 9.25 Å². The first-order valence-electron chi connectivity index (χ1n) is 13.7. The maximum Gasteiger partial charge on any atom is 0.332 e. The van der Waals surface area contributed by atoms with Crippen LogP contribution in [0.15, 0.2) is 125 Å². The van der Waals surface area contributed by atoms with Gasteiger partial charge in [-0.3, -0.25) is 4.79 Å². The molecule has 0 aliphatic heterocycles. The number of carbonyl (C=O) groups is 2. The molecule has 0 amide bonds. The molecule has 0 fully saturated rings. The molecule has 7 aromatic rings. The summed E-state index contributed by atoms with van der Waals surface area (Å²) in [5.74, 6) is -0.550. The van der Waals surface area contributed by atoms with Gasteiger partial charge in [0.25, 0.3) is 0 Å². The second kappa shape index (κ2) is 10.1. The smallest absolute Gasteiger partial charge is 0.332 e. The minimum absolute atomic E-state index is 0.0487. The Balaban J connectivity index is 1.48. The van der Waals surface area contributed by atoms with E-state index in [1.54, 1.807) is 0 Å². The molecule has 1 heterocycles. The molecule has 42 heavy (non-hydrogen) atoms. The molecule has 0 N–H and O–H groups in total. The number of nitrogens with zero attached hydrogens (tertiary/aromatic N) is 1. The molecule has 0 bridgehead atoms. The minimum atomic E-state index is -0.501. The monoisotopic (exact) mass is 547 g/mol. The van der Waals surface area contributed by atoms with Crippen LogP contribution in [0.2, 0.25) is 0 Å². The zero-order chi connectivity index (χ0) is 28.8. The highest BCUT2D eigenvalue weighted by Gasteiger charge is 2.21. The molecule has 6 aromatic carbocycles. The van der Waals surface area contributed by atoms with Crippen LogP contribution in [0.5, 0.6) is 0 Å². The van der Waals surface area contributed by atoms with Crippen molar-refractivity contribution in [1.29, 1.82) is 0 Å². The highest BCUT2D eigenvalue weighted by molar-refractivity contribution is 6.27. The molecule has 0 aliphatic carbocycles. The third-order valence-corrected chi connectivity index (χ3v) is 7.69. The van der Waals surface area contributed by atoms with E-state index < -0.39 is 5.97 Å². The van der Waals surface area contributed by atoms with Crippen molar-refractivity contribution in [3.8, 4) is 0 Å². The quantitative estimate of drug-likeness (QED) is 0.0935. The van der Waals surface area contributed by atoms with Crippen molar-refractivity contribution in [2.75, 3.05) is 0 Å². The molecule has 0 radical (unpaired) electrons. The SMILES string of the molecule is CC(=O)O/N=C(/c1ccc2oc3c4ccccc4c(C(=O)c4cccc5ccccc45)cc3c2c1)c1ccccc1C. The van der Waals surface area contributed by atoms with Gasteiger partial charge in [-0.15, -0.1) is 0 Å². The Bertz CT molecular complexity index is 2230. The van der Waals surface area contributed by atoms with Gasteiger partial charge in [0.15, 0.2) is 5.78 Å². The van der Waals surface area contributed by atoms with Crippen LogP contribution in [-0.4, -0.2) is 17.5 Å². The summed E-state index contributed by atoms with van der Waals surface area (Å²) in [6.07, 6.45) is 0. The zero-order valence-electron chi connectivity index (χ0n) is 23.0.